The topological polar surface area (TPSA) is 101 Å². The lowest BCUT2D eigenvalue weighted by molar-refractivity contribution is -0.136. The number of hydrogen-bond donors (Lipinski definition) is 2. The summed E-state index contributed by atoms with van der Waals surface area (Å²) in [7, 11) is -3.72. The number of amides is 1. The number of nitrogens with one attached hydrogen (secondary N) is 1. The van der Waals surface area contributed by atoms with Gasteiger partial charge in [-0.2, -0.15) is 0 Å². The number of hydrogen-bond acceptors (Lipinski definition) is 5. The first-order chi connectivity index (χ1) is 8.79. The van der Waals surface area contributed by atoms with Gasteiger partial charge in [-0.25, -0.2) is 13.1 Å². The minimum absolute atomic E-state index is 0.00769. The van der Waals surface area contributed by atoms with Crippen LogP contribution < -0.4 is 4.72 Å². The van der Waals surface area contributed by atoms with Gasteiger partial charge in [-0.3, -0.25) is 9.59 Å². The van der Waals surface area contributed by atoms with Crippen LogP contribution in [-0.2, 0) is 14.8 Å². The fourth-order valence-electron chi connectivity index (χ4n) is 1.75. The van der Waals surface area contributed by atoms with E-state index in [4.69, 9.17) is 5.11 Å². The largest absolute Gasteiger partial charge is 0.481 e. The zero-order chi connectivity index (χ0) is 14.2. The van der Waals surface area contributed by atoms with Crippen molar-refractivity contribution in [3.63, 3.8) is 0 Å². The number of carboxylic acid groups (broad SMARTS) is 1. The minimum Gasteiger partial charge on any atom is -0.481 e. The van der Waals surface area contributed by atoms with Gasteiger partial charge in [-0.15, -0.1) is 11.8 Å². The Hall–Kier alpha value is -1.54. The number of fused-ring (bicyclic) bond motifs is 1. The highest BCUT2D eigenvalue weighted by atomic mass is 32.2. The maximum Gasteiger partial charge on any atom is 0.304 e. The summed E-state index contributed by atoms with van der Waals surface area (Å²) in [5, 5.41) is 8.50. The number of carbonyl (C=O) groups excluding carboxylic acids is 1. The Labute approximate surface area is 114 Å². The van der Waals surface area contributed by atoms with Crippen LogP contribution >= 0.6 is 11.8 Å². The predicted molar refractivity (Wildman–Crippen MR) is 68.7 cm³/mol. The van der Waals surface area contributed by atoms with Crippen molar-refractivity contribution in [3.05, 3.63) is 23.8 Å². The van der Waals surface area contributed by atoms with Gasteiger partial charge in [-0.05, 0) is 18.2 Å². The third-order valence-corrected chi connectivity index (χ3v) is 5.00. The molecule has 1 unspecified atom stereocenters. The van der Waals surface area contributed by atoms with Crippen LogP contribution in [0.25, 0.3) is 0 Å². The minimum atomic E-state index is -3.72. The van der Waals surface area contributed by atoms with E-state index >= 15 is 0 Å². The van der Waals surface area contributed by atoms with Crippen LogP contribution in [0.3, 0.4) is 0 Å². The average molecular weight is 301 g/mol. The molecule has 1 aliphatic heterocycles. The SMILES string of the molecule is CC(CC(=O)O)Sc1ccc2c(c1)C(=O)NS2(=O)=O. The van der Waals surface area contributed by atoms with Crippen molar-refractivity contribution in [2.24, 2.45) is 0 Å². The van der Waals surface area contributed by atoms with Gasteiger partial charge in [-0.1, -0.05) is 6.92 Å². The van der Waals surface area contributed by atoms with E-state index in [1.165, 1.54) is 23.9 Å². The summed E-state index contributed by atoms with van der Waals surface area (Å²) in [6, 6.07) is 4.40. The summed E-state index contributed by atoms with van der Waals surface area (Å²) >= 11 is 1.28. The van der Waals surface area contributed by atoms with Crippen LogP contribution in [0.5, 0.6) is 0 Å². The van der Waals surface area contributed by atoms with E-state index in [1.54, 1.807) is 13.0 Å². The number of thioether (sulfide) groups is 1. The van der Waals surface area contributed by atoms with E-state index in [0.29, 0.717) is 4.90 Å². The second-order valence-corrected chi connectivity index (χ2v) is 7.28. The van der Waals surface area contributed by atoms with Gasteiger partial charge < -0.3 is 5.11 Å². The Bertz CT molecular complexity index is 653. The first-order valence-electron chi connectivity index (χ1n) is 5.39. The summed E-state index contributed by atoms with van der Waals surface area (Å²) in [6.45, 7) is 1.75. The van der Waals surface area contributed by atoms with Crippen molar-refractivity contribution in [3.8, 4) is 0 Å². The van der Waals surface area contributed by atoms with Gasteiger partial charge in [0.05, 0.1) is 12.0 Å². The van der Waals surface area contributed by atoms with E-state index in [0.717, 1.165) is 0 Å². The molecule has 8 heteroatoms. The van der Waals surface area contributed by atoms with E-state index in [9.17, 15) is 18.0 Å². The quantitative estimate of drug-likeness (QED) is 0.807. The van der Waals surface area contributed by atoms with Gasteiger partial charge in [0, 0.05) is 10.1 Å². The van der Waals surface area contributed by atoms with Crippen molar-refractivity contribution in [1.82, 2.24) is 4.72 Å². The number of rotatable bonds is 4. The zero-order valence-electron chi connectivity index (χ0n) is 9.91. The lowest BCUT2D eigenvalue weighted by atomic mass is 10.2. The molecule has 0 spiro atoms. The molecule has 1 amide bonds. The lowest BCUT2D eigenvalue weighted by Crippen LogP contribution is -2.20. The number of aliphatic carboxylic acids is 1. The van der Waals surface area contributed by atoms with Crippen LogP contribution in [0.2, 0.25) is 0 Å². The Morgan fingerprint density at radius 3 is 2.79 bits per heavy atom. The molecule has 0 aliphatic carbocycles. The molecule has 0 aromatic heterocycles. The highest BCUT2D eigenvalue weighted by Crippen LogP contribution is 2.30. The van der Waals surface area contributed by atoms with Crippen molar-refractivity contribution in [1.29, 1.82) is 0 Å². The molecule has 1 heterocycles. The van der Waals surface area contributed by atoms with E-state index in [-0.39, 0.29) is 22.1 Å². The van der Waals surface area contributed by atoms with Crippen LogP contribution in [0, 0.1) is 0 Å². The fourth-order valence-corrected chi connectivity index (χ4v) is 3.92. The third kappa shape index (κ3) is 2.90. The van der Waals surface area contributed by atoms with Gasteiger partial charge in [0.25, 0.3) is 15.9 Å². The molecule has 102 valence electrons. The molecule has 0 radical (unpaired) electrons. The molecule has 1 aliphatic rings. The maximum atomic E-state index is 11.5. The number of benzene rings is 1. The van der Waals surface area contributed by atoms with Gasteiger partial charge in [0.2, 0.25) is 0 Å². The zero-order valence-corrected chi connectivity index (χ0v) is 11.5. The van der Waals surface area contributed by atoms with Crippen LogP contribution in [0.15, 0.2) is 28.0 Å². The highest BCUT2D eigenvalue weighted by Gasteiger charge is 2.32. The lowest BCUT2D eigenvalue weighted by Gasteiger charge is -2.08. The highest BCUT2D eigenvalue weighted by molar-refractivity contribution is 8.00. The Balaban J connectivity index is 2.26. The van der Waals surface area contributed by atoms with Crippen molar-refractivity contribution >= 4 is 33.7 Å². The second-order valence-electron chi connectivity index (χ2n) is 4.12. The molecular weight excluding hydrogens is 290 g/mol. The Kier molecular flexibility index (Phi) is 3.55. The molecule has 2 N–H and O–H groups in total. The molecule has 0 bridgehead atoms. The summed E-state index contributed by atoms with van der Waals surface area (Å²) in [5.41, 5.74) is 0.104. The third-order valence-electron chi connectivity index (χ3n) is 2.51. The normalized spacial score (nSPS) is 17.6. The molecule has 0 fully saturated rings. The number of carbonyl (C=O) groups is 2. The molecule has 0 saturated carbocycles. The molecule has 1 atom stereocenters. The first-order valence-corrected chi connectivity index (χ1v) is 7.75. The molecular formula is C11H11NO5S2. The number of carboxylic acids is 1. The number of sulfonamides is 1. The monoisotopic (exact) mass is 301 g/mol. The molecule has 6 nitrogen and oxygen atoms in total. The van der Waals surface area contributed by atoms with Crippen molar-refractivity contribution in [2.45, 2.75) is 28.4 Å². The molecule has 19 heavy (non-hydrogen) atoms. The first kappa shape index (κ1) is 13.9. The maximum absolute atomic E-state index is 11.5. The smallest absolute Gasteiger partial charge is 0.304 e. The summed E-state index contributed by atoms with van der Waals surface area (Å²) in [4.78, 5) is 22.7. The Morgan fingerprint density at radius 2 is 2.16 bits per heavy atom. The van der Waals surface area contributed by atoms with Crippen LogP contribution in [0.4, 0.5) is 0 Å². The van der Waals surface area contributed by atoms with Crippen LogP contribution in [-0.4, -0.2) is 30.7 Å². The van der Waals surface area contributed by atoms with Crippen molar-refractivity contribution in [2.75, 3.05) is 0 Å². The molecule has 0 saturated heterocycles. The molecule has 1 aromatic carbocycles. The van der Waals surface area contributed by atoms with E-state index < -0.39 is 21.9 Å². The van der Waals surface area contributed by atoms with Crippen molar-refractivity contribution < 1.29 is 23.1 Å². The summed E-state index contributed by atoms with van der Waals surface area (Å²) in [6.07, 6.45) is -0.00769. The van der Waals surface area contributed by atoms with E-state index in [2.05, 4.69) is 0 Å². The summed E-state index contributed by atoms with van der Waals surface area (Å²) < 4.78 is 25.0. The summed E-state index contributed by atoms with van der Waals surface area (Å²) in [5.74, 6) is -1.55. The average Bonchev–Trinajstić information content (AvgIpc) is 2.48. The standard InChI is InChI=1S/C11H11NO5S2/c1-6(4-10(13)14)18-7-2-3-9-8(5-7)11(15)12-19(9,16)17/h2-3,5-6H,4H2,1H3,(H,12,15)(H,13,14). The van der Waals surface area contributed by atoms with E-state index in [1.807, 2.05) is 4.72 Å². The van der Waals surface area contributed by atoms with Crippen LogP contribution in [0.1, 0.15) is 23.7 Å². The molecule has 1 aromatic rings. The second kappa shape index (κ2) is 4.86. The van der Waals surface area contributed by atoms with Gasteiger partial charge in [0.1, 0.15) is 4.90 Å². The predicted octanol–water partition coefficient (Wildman–Crippen LogP) is 1.07. The Morgan fingerprint density at radius 1 is 1.47 bits per heavy atom. The molecule has 2 rings (SSSR count). The van der Waals surface area contributed by atoms with Gasteiger partial charge in [0.15, 0.2) is 0 Å². The van der Waals surface area contributed by atoms with Gasteiger partial charge >= 0.3 is 5.97 Å². The fraction of sp³-hybridized carbons (Fsp3) is 0.273.